The van der Waals surface area contributed by atoms with Crippen LogP contribution in [-0.4, -0.2) is 28.2 Å². The summed E-state index contributed by atoms with van der Waals surface area (Å²) in [5.41, 5.74) is 1.00. The van der Waals surface area contributed by atoms with Crippen molar-refractivity contribution in [2.75, 3.05) is 19.8 Å². The van der Waals surface area contributed by atoms with Gasteiger partial charge in [0.15, 0.2) is 0 Å². The molecule has 1 aromatic heterocycles. The molecule has 2 aromatic rings. The van der Waals surface area contributed by atoms with E-state index in [1.807, 2.05) is 23.6 Å². The van der Waals surface area contributed by atoms with Crippen LogP contribution in [0.25, 0.3) is 0 Å². The van der Waals surface area contributed by atoms with Crippen molar-refractivity contribution < 1.29 is 13.2 Å². The fourth-order valence-electron chi connectivity index (χ4n) is 3.29. The lowest BCUT2D eigenvalue weighted by molar-refractivity contribution is 0.0529. The number of aryl methyl sites for hydroxylation is 1. The van der Waals surface area contributed by atoms with Gasteiger partial charge in [0, 0.05) is 30.1 Å². The third-order valence-electron chi connectivity index (χ3n) is 4.87. The van der Waals surface area contributed by atoms with Crippen LogP contribution in [0.4, 0.5) is 0 Å². The number of nitrogens with one attached hydrogen (secondary N) is 1. The summed E-state index contributed by atoms with van der Waals surface area (Å²) in [6, 6.07) is 11.3. The zero-order valence-corrected chi connectivity index (χ0v) is 16.2. The molecule has 0 aliphatic carbocycles. The Bertz CT molecular complexity index is 762. The van der Waals surface area contributed by atoms with Crippen molar-refractivity contribution in [3.05, 3.63) is 52.2 Å². The Morgan fingerprint density at radius 3 is 2.48 bits per heavy atom. The number of thiophene rings is 1. The first-order chi connectivity index (χ1) is 12.1. The lowest BCUT2D eigenvalue weighted by Crippen LogP contribution is -2.44. The van der Waals surface area contributed by atoms with E-state index >= 15 is 0 Å². The summed E-state index contributed by atoms with van der Waals surface area (Å²) in [6.07, 6.45) is 3.70. The third kappa shape index (κ3) is 4.31. The number of rotatable bonds is 7. The van der Waals surface area contributed by atoms with Gasteiger partial charge in [-0.2, -0.15) is 0 Å². The average Bonchev–Trinajstić information content (AvgIpc) is 3.17. The fourth-order valence-corrected chi connectivity index (χ4v) is 5.41. The fraction of sp³-hybridized carbons (Fsp3) is 0.474. The first-order valence-electron chi connectivity index (χ1n) is 8.76. The highest BCUT2D eigenvalue weighted by molar-refractivity contribution is 7.89. The van der Waals surface area contributed by atoms with E-state index in [1.165, 1.54) is 10.4 Å². The number of ether oxygens (including phenoxy) is 1. The predicted molar refractivity (Wildman–Crippen MR) is 102 cm³/mol. The summed E-state index contributed by atoms with van der Waals surface area (Å²) in [4.78, 5) is 1.57. The van der Waals surface area contributed by atoms with Crippen LogP contribution in [0.5, 0.6) is 0 Å². The lowest BCUT2D eigenvalue weighted by atomic mass is 9.79. The summed E-state index contributed by atoms with van der Waals surface area (Å²) in [5, 5.41) is 2.05. The molecule has 1 N–H and O–H groups in total. The minimum Gasteiger partial charge on any atom is -0.381 e. The molecule has 0 bridgehead atoms. The molecule has 0 spiro atoms. The van der Waals surface area contributed by atoms with E-state index in [9.17, 15) is 8.42 Å². The van der Waals surface area contributed by atoms with Crippen LogP contribution < -0.4 is 4.72 Å². The van der Waals surface area contributed by atoms with Crippen LogP contribution in [-0.2, 0) is 26.6 Å². The largest absolute Gasteiger partial charge is 0.381 e. The highest BCUT2D eigenvalue weighted by Crippen LogP contribution is 2.37. The zero-order chi connectivity index (χ0) is 17.8. The van der Waals surface area contributed by atoms with Crippen LogP contribution in [0.2, 0.25) is 0 Å². The molecule has 0 amide bonds. The summed E-state index contributed by atoms with van der Waals surface area (Å²) in [7, 11) is -3.51. The minimum atomic E-state index is -3.51. The number of hydrogen-bond acceptors (Lipinski definition) is 4. The van der Waals surface area contributed by atoms with Crippen LogP contribution in [0.3, 0.4) is 0 Å². The quantitative estimate of drug-likeness (QED) is 0.797. The maximum absolute atomic E-state index is 12.7. The predicted octanol–water partition coefficient (Wildman–Crippen LogP) is 3.73. The molecular weight excluding hydrogens is 354 g/mol. The van der Waals surface area contributed by atoms with Gasteiger partial charge < -0.3 is 4.74 Å². The van der Waals surface area contributed by atoms with E-state index in [1.54, 1.807) is 23.5 Å². The monoisotopic (exact) mass is 379 g/mol. The van der Waals surface area contributed by atoms with Gasteiger partial charge in [0.25, 0.3) is 0 Å². The van der Waals surface area contributed by atoms with E-state index in [-0.39, 0.29) is 5.41 Å². The van der Waals surface area contributed by atoms with E-state index in [2.05, 4.69) is 17.7 Å². The van der Waals surface area contributed by atoms with Crippen molar-refractivity contribution in [3.63, 3.8) is 0 Å². The maximum Gasteiger partial charge on any atom is 0.240 e. The standard InChI is InChI=1S/C19H25NO3S2/c1-2-4-16-6-8-17(9-7-16)25(21,22)20-15-19(10-12-23-13-11-19)18-5-3-14-24-18/h3,5-9,14,20H,2,4,10-13,15H2,1H3. The minimum absolute atomic E-state index is 0.165. The van der Waals surface area contributed by atoms with Crippen molar-refractivity contribution in [3.8, 4) is 0 Å². The molecule has 3 rings (SSSR count). The second-order valence-corrected chi connectivity index (χ2v) is 9.30. The van der Waals surface area contributed by atoms with Crippen molar-refractivity contribution >= 4 is 21.4 Å². The Morgan fingerprint density at radius 2 is 1.88 bits per heavy atom. The van der Waals surface area contributed by atoms with E-state index in [4.69, 9.17) is 4.74 Å². The van der Waals surface area contributed by atoms with E-state index < -0.39 is 10.0 Å². The number of benzene rings is 1. The molecule has 0 unspecified atom stereocenters. The highest BCUT2D eigenvalue weighted by atomic mass is 32.2. The van der Waals surface area contributed by atoms with Gasteiger partial charge in [-0.1, -0.05) is 31.5 Å². The molecule has 0 radical (unpaired) electrons. The smallest absolute Gasteiger partial charge is 0.240 e. The SMILES string of the molecule is CCCc1ccc(S(=O)(=O)NCC2(c3cccs3)CCOCC2)cc1. The Labute approximate surface area is 154 Å². The molecule has 6 heteroatoms. The molecule has 0 atom stereocenters. The van der Waals surface area contributed by atoms with Gasteiger partial charge in [-0.3, -0.25) is 0 Å². The first-order valence-corrected chi connectivity index (χ1v) is 11.1. The van der Waals surface area contributed by atoms with Gasteiger partial charge in [-0.15, -0.1) is 11.3 Å². The summed E-state index contributed by atoms with van der Waals surface area (Å²) in [6.45, 7) is 3.87. The topological polar surface area (TPSA) is 55.4 Å². The molecule has 2 heterocycles. The van der Waals surface area contributed by atoms with Gasteiger partial charge in [0.2, 0.25) is 10.0 Å². The molecule has 0 saturated carbocycles. The molecule has 1 aliphatic heterocycles. The number of hydrogen-bond donors (Lipinski definition) is 1. The van der Waals surface area contributed by atoms with Gasteiger partial charge in [0.1, 0.15) is 0 Å². The highest BCUT2D eigenvalue weighted by Gasteiger charge is 2.36. The second kappa shape index (κ2) is 7.99. The molecule has 25 heavy (non-hydrogen) atoms. The van der Waals surface area contributed by atoms with Crippen molar-refractivity contribution in [1.29, 1.82) is 0 Å². The van der Waals surface area contributed by atoms with Crippen LogP contribution in [0.1, 0.15) is 36.6 Å². The van der Waals surface area contributed by atoms with Gasteiger partial charge in [0.05, 0.1) is 4.90 Å². The molecule has 136 valence electrons. The Hall–Kier alpha value is -1.21. The zero-order valence-electron chi connectivity index (χ0n) is 14.5. The van der Waals surface area contributed by atoms with Crippen molar-refractivity contribution in [2.24, 2.45) is 0 Å². The molecule has 1 aromatic carbocycles. The van der Waals surface area contributed by atoms with Crippen molar-refractivity contribution in [1.82, 2.24) is 4.72 Å². The lowest BCUT2D eigenvalue weighted by Gasteiger charge is -2.36. The van der Waals surface area contributed by atoms with Gasteiger partial charge in [-0.05, 0) is 48.4 Å². The van der Waals surface area contributed by atoms with E-state index in [0.29, 0.717) is 24.7 Å². The normalized spacial score (nSPS) is 17.5. The summed E-state index contributed by atoms with van der Waals surface area (Å²) in [5.74, 6) is 0. The van der Waals surface area contributed by atoms with E-state index in [0.717, 1.165) is 25.7 Å². The van der Waals surface area contributed by atoms with Gasteiger partial charge >= 0.3 is 0 Å². The van der Waals surface area contributed by atoms with Crippen LogP contribution >= 0.6 is 11.3 Å². The average molecular weight is 380 g/mol. The van der Waals surface area contributed by atoms with Gasteiger partial charge in [-0.25, -0.2) is 13.1 Å². The van der Waals surface area contributed by atoms with Crippen LogP contribution in [0, 0.1) is 0 Å². The maximum atomic E-state index is 12.7. The second-order valence-electron chi connectivity index (χ2n) is 6.59. The first kappa shape index (κ1) is 18.6. The van der Waals surface area contributed by atoms with Crippen molar-refractivity contribution in [2.45, 2.75) is 42.9 Å². The Morgan fingerprint density at radius 1 is 1.16 bits per heavy atom. The molecule has 1 fully saturated rings. The molecule has 4 nitrogen and oxygen atoms in total. The molecular formula is C19H25NO3S2. The third-order valence-corrected chi connectivity index (χ3v) is 7.40. The molecule has 1 aliphatic rings. The molecule has 1 saturated heterocycles. The Kier molecular flexibility index (Phi) is 5.94. The Balaban J connectivity index is 1.75. The summed E-state index contributed by atoms with van der Waals surface area (Å²) >= 11 is 1.69. The van der Waals surface area contributed by atoms with Crippen LogP contribution in [0.15, 0.2) is 46.7 Å². The summed E-state index contributed by atoms with van der Waals surface area (Å²) < 4.78 is 33.8. The number of sulfonamides is 1.